The van der Waals surface area contributed by atoms with Gasteiger partial charge in [0.25, 0.3) is 0 Å². The Morgan fingerprint density at radius 1 is 1.50 bits per heavy atom. The Labute approximate surface area is 89.7 Å². The predicted octanol–water partition coefficient (Wildman–Crippen LogP) is 2.52. The van der Waals surface area contributed by atoms with E-state index in [1.54, 1.807) is 0 Å². The quantitative estimate of drug-likeness (QED) is 0.777. The summed E-state index contributed by atoms with van der Waals surface area (Å²) in [5.41, 5.74) is 7.54. The monoisotopic (exact) mass is 210 g/mol. The minimum Gasteiger partial charge on any atom is -0.398 e. The number of rotatable bonds is 3. The van der Waals surface area contributed by atoms with Gasteiger partial charge in [-0.3, -0.25) is 4.90 Å². The van der Waals surface area contributed by atoms with Crippen LogP contribution in [0.25, 0.3) is 0 Å². The highest BCUT2D eigenvalue weighted by atomic mass is 35.5. The van der Waals surface area contributed by atoms with Crippen LogP contribution in [0.1, 0.15) is 18.4 Å². The summed E-state index contributed by atoms with van der Waals surface area (Å²) in [5, 5.41) is 0.659. The first-order valence-corrected chi connectivity index (χ1v) is 5.29. The molecule has 76 valence electrons. The number of halogens is 1. The van der Waals surface area contributed by atoms with Crippen molar-refractivity contribution in [3.63, 3.8) is 0 Å². The third-order valence-electron chi connectivity index (χ3n) is 2.67. The smallest absolute Gasteiger partial charge is 0.0638 e. The van der Waals surface area contributed by atoms with E-state index in [9.17, 15) is 0 Å². The second kappa shape index (κ2) is 3.79. The van der Waals surface area contributed by atoms with Crippen molar-refractivity contribution < 1.29 is 0 Å². The first-order chi connectivity index (χ1) is 6.66. The third kappa shape index (κ3) is 2.20. The van der Waals surface area contributed by atoms with Gasteiger partial charge in [0.05, 0.1) is 10.7 Å². The second-order valence-electron chi connectivity index (χ2n) is 4.00. The molecule has 1 aromatic carbocycles. The van der Waals surface area contributed by atoms with Crippen molar-refractivity contribution in [2.24, 2.45) is 0 Å². The van der Waals surface area contributed by atoms with Crippen molar-refractivity contribution in [3.05, 3.63) is 28.8 Å². The molecule has 0 heterocycles. The van der Waals surface area contributed by atoms with Gasteiger partial charge in [0.1, 0.15) is 0 Å². The van der Waals surface area contributed by atoms with Gasteiger partial charge >= 0.3 is 0 Å². The average molecular weight is 211 g/mol. The van der Waals surface area contributed by atoms with Crippen LogP contribution in [0.4, 0.5) is 5.69 Å². The van der Waals surface area contributed by atoms with Crippen LogP contribution < -0.4 is 5.73 Å². The lowest BCUT2D eigenvalue weighted by Crippen LogP contribution is -2.19. The summed E-state index contributed by atoms with van der Waals surface area (Å²) < 4.78 is 0. The van der Waals surface area contributed by atoms with Gasteiger partial charge in [0.15, 0.2) is 0 Å². The Morgan fingerprint density at radius 2 is 2.21 bits per heavy atom. The van der Waals surface area contributed by atoms with E-state index in [2.05, 4.69) is 11.9 Å². The summed E-state index contributed by atoms with van der Waals surface area (Å²) in [7, 11) is 2.15. The lowest BCUT2D eigenvalue weighted by Gasteiger charge is -2.15. The van der Waals surface area contributed by atoms with E-state index >= 15 is 0 Å². The van der Waals surface area contributed by atoms with Gasteiger partial charge in [0, 0.05) is 12.6 Å². The highest BCUT2D eigenvalue weighted by Gasteiger charge is 2.25. The molecular weight excluding hydrogens is 196 g/mol. The van der Waals surface area contributed by atoms with Crippen molar-refractivity contribution in [2.75, 3.05) is 12.8 Å². The molecule has 14 heavy (non-hydrogen) atoms. The van der Waals surface area contributed by atoms with Crippen LogP contribution in [0, 0.1) is 0 Å². The summed E-state index contributed by atoms with van der Waals surface area (Å²) in [6.45, 7) is 0.963. The molecule has 1 aliphatic rings. The van der Waals surface area contributed by atoms with Crippen LogP contribution in [0.15, 0.2) is 18.2 Å². The van der Waals surface area contributed by atoms with E-state index in [1.165, 1.54) is 18.4 Å². The maximum absolute atomic E-state index is 5.95. The number of nitrogen functional groups attached to an aromatic ring is 1. The van der Waals surface area contributed by atoms with E-state index in [-0.39, 0.29) is 0 Å². The maximum atomic E-state index is 5.95. The molecule has 2 nitrogen and oxygen atoms in total. The molecule has 0 aliphatic heterocycles. The first kappa shape index (κ1) is 9.81. The van der Waals surface area contributed by atoms with Crippen molar-refractivity contribution in [1.29, 1.82) is 0 Å². The van der Waals surface area contributed by atoms with Gasteiger partial charge in [-0.05, 0) is 37.6 Å². The molecular formula is C11H15ClN2. The van der Waals surface area contributed by atoms with Crippen molar-refractivity contribution in [2.45, 2.75) is 25.4 Å². The van der Waals surface area contributed by atoms with E-state index in [0.29, 0.717) is 10.7 Å². The SMILES string of the molecule is CN(Cc1ccc(N)c(Cl)c1)C1CC1. The zero-order valence-electron chi connectivity index (χ0n) is 8.33. The Kier molecular flexibility index (Phi) is 2.66. The molecule has 2 N–H and O–H groups in total. The summed E-state index contributed by atoms with van der Waals surface area (Å²) in [6.07, 6.45) is 2.67. The van der Waals surface area contributed by atoms with Gasteiger partial charge in [-0.15, -0.1) is 0 Å². The maximum Gasteiger partial charge on any atom is 0.0638 e. The molecule has 3 heteroatoms. The Hall–Kier alpha value is -0.730. The van der Waals surface area contributed by atoms with Gasteiger partial charge < -0.3 is 5.73 Å². The van der Waals surface area contributed by atoms with Gasteiger partial charge in [0.2, 0.25) is 0 Å². The summed E-state index contributed by atoms with van der Waals surface area (Å²) in [5.74, 6) is 0. The highest BCUT2D eigenvalue weighted by Crippen LogP contribution is 2.27. The van der Waals surface area contributed by atoms with Crippen LogP contribution in [-0.4, -0.2) is 18.0 Å². The molecule has 0 spiro atoms. The summed E-state index contributed by atoms with van der Waals surface area (Å²) in [4.78, 5) is 2.36. The normalized spacial score (nSPS) is 16.2. The van der Waals surface area contributed by atoms with Gasteiger partial charge in [-0.25, -0.2) is 0 Å². The molecule has 0 aromatic heterocycles. The van der Waals surface area contributed by atoms with Crippen LogP contribution >= 0.6 is 11.6 Å². The van der Waals surface area contributed by atoms with Crippen LogP contribution in [0.5, 0.6) is 0 Å². The predicted molar refractivity (Wildman–Crippen MR) is 60.4 cm³/mol. The molecule has 0 atom stereocenters. The van der Waals surface area contributed by atoms with E-state index < -0.39 is 0 Å². The van der Waals surface area contributed by atoms with E-state index in [4.69, 9.17) is 17.3 Å². The number of anilines is 1. The lowest BCUT2D eigenvalue weighted by molar-refractivity contribution is 0.316. The molecule has 0 amide bonds. The highest BCUT2D eigenvalue weighted by molar-refractivity contribution is 6.33. The van der Waals surface area contributed by atoms with Crippen LogP contribution in [-0.2, 0) is 6.54 Å². The fourth-order valence-corrected chi connectivity index (χ4v) is 1.80. The third-order valence-corrected chi connectivity index (χ3v) is 2.99. The fourth-order valence-electron chi connectivity index (χ4n) is 1.60. The molecule has 2 rings (SSSR count). The summed E-state index contributed by atoms with van der Waals surface area (Å²) >= 11 is 5.95. The molecule has 1 aromatic rings. The molecule has 1 fully saturated rings. The zero-order chi connectivity index (χ0) is 10.1. The standard InChI is InChI=1S/C11H15ClN2/c1-14(9-3-4-9)7-8-2-5-11(13)10(12)6-8/h2,5-6,9H,3-4,7,13H2,1H3. The number of nitrogens with zero attached hydrogens (tertiary/aromatic N) is 1. The number of nitrogens with two attached hydrogens (primary N) is 1. The second-order valence-corrected chi connectivity index (χ2v) is 4.41. The van der Waals surface area contributed by atoms with E-state index in [1.807, 2.05) is 18.2 Å². The molecule has 1 saturated carbocycles. The van der Waals surface area contributed by atoms with Gasteiger partial charge in [-0.1, -0.05) is 17.7 Å². The molecule has 0 radical (unpaired) electrons. The van der Waals surface area contributed by atoms with Crippen LogP contribution in [0.2, 0.25) is 5.02 Å². The van der Waals surface area contributed by atoms with Gasteiger partial charge in [-0.2, -0.15) is 0 Å². The first-order valence-electron chi connectivity index (χ1n) is 4.91. The molecule has 0 bridgehead atoms. The Morgan fingerprint density at radius 3 is 2.79 bits per heavy atom. The number of benzene rings is 1. The molecule has 1 aliphatic carbocycles. The van der Waals surface area contributed by atoms with Crippen LogP contribution in [0.3, 0.4) is 0 Å². The molecule has 0 saturated heterocycles. The van der Waals surface area contributed by atoms with E-state index in [0.717, 1.165) is 12.6 Å². The largest absolute Gasteiger partial charge is 0.398 e. The Balaban J connectivity index is 2.04. The Bertz CT molecular complexity index is 334. The van der Waals surface area contributed by atoms with Crippen molar-refractivity contribution in [3.8, 4) is 0 Å². The number of hydrogen-bond acceptors (Lipinski definition) is 2. The fraction of sp³-hybridized carbons (Fsp3) is 0.455. The minimum absolute atomic E-state index is 0.657. The topological polar surface area (TPSA) is 29.3 Å². The lowest BCUT2D eigenvalue weighted by atomic mass is 10.2. The average Bonchev–Trinajstić information content (AvgIpc) is 2.94. The minimum atomic E-state index is 0.657. The zero-order valence-corrected chi connectivity index (χ0v) is 9.09. The summed E-state index contributed by atoms with van der Waals surface area (Å²) in [6, 6.07) is 6.65. The molecule has 0 unspecified atom stereocenters. The van der Waals surface area contributed by atoms with Crippen molar-refractivity contribution >= 4 is 17.3 Å². The number of hydrogen-bond donors (Lipinski definition) is 1. The van der Waals surface area contributed by atoms with Crippen molar-refractivity contribution in [1.82, 2.24) is 4.90 Å².